The Kier molecular flexibility index (Phi) is 8.87. The van der Waals surface area contributed by atoms with E-state index in [1.165, 1.54) is 33.2 Å². The lowest BCUT2D eigenvalue weighted by Gasteiger charge is -2.29. The highest BCUT2D eigenvalue weighted by atomic mass is 16.3. The van der Waals surface area contributed by atoms with Gasteiger partial charge in [-0.05, 0) is 104 Å². The summed E-state index contributed by atoms with van der Waals surface area (Å²) in [6, 6.07) is 84.9. The van der Waals surface area contributed by atoms with Crippen LogP contribution in [0.25, 0.3) is 88.3 Å². The summed E-state index contributed by atoms with van der Waals surface area (Å²) in [5.74, 6) is 0. The van der Waals surface area contributed by atoms with Crippen LogP contribution in [-0.2, 0) is 0 Å². The van der Waals surface area contributed by atoms with Crippen molar-refractivity contribution in [2.45, 2.75) is 0 Å². The minimum absolute atomic E-state index is 0.875. The van der Waals surface area contributed by atoms with Gasteiger partial charge in [0.15, 0.2) is 0 Å². The highest BCUT2D eigenvalue weighted by Crippen LogP contribution is 2.47. The standard InChI is InChI=1S/C58H39NO/c1-4-15-40(16-5-1)43-27-29-44(30-28-43)45-31-34-49(35-32-45)59(50-38-47(41-17-6-2-7-18-41)37-48(39-50)42-19-8-3-9-20-42)55-25-13-12-23-52(55)53-24-14-26-56-57(53)54-36-33-46-21-10-11-22-51(46)58(54)60-56/h1-39H. The van der Waals surface area contributed by atoms with Crippen LogP contribution in [0, 0.1) is 0 Å². The molecule has 2 nitrogen and oxygen atoms in total. The molecule has 1 aromatic heterocycles. The Hall–Kier alpha value is -7.94. The van der Waals surface area contributed by atoms with Crippen LogP contribution in [-0.4, -0.2) is 0 Å². The topological polar surface area (TPSA) is 16.4 Å². The number of anilines is 3. The first-order valence-electron chi connectivity index (χ1n) is 20.5. The van der Waals surface area contributed by atoms with Gasteiger partial charge in [0, 0.05) is 33.1 Å². The molecule has 10 aromatic carbocycles. The van der Waals surface area contributed by atoms with Crippen LogP contribution >= 0.6 is 0 Å². The molecule has 2 heteroatoms. The molecule has 1 heterocycles. The zero-order valence-electron chi connectivity index (χ0n) is 32.9. The Morgan fingerprint density at radius 2 is 0.800 bits per heavy atom. The van der Waals surface area contributed by atoms with Crippen LogP contribution in [0.5, 0.6) is 0 Å². The third kappa shape index (κ3) is 6.41. The summed E-state index contributed by atoms with van der Waals surface area (Å²) in [5.41, 5.74) is 16.6. The van der Waals surface area contributed by atoms with Crippen molar-refractivity contribution in [3.63, 3.8) is 0 Å². The zero-order chi connectivity index (χ0) is 39.8. The zero-order valence-corrected chi connectivity index (χ0v) is 32.9. The second kappa shape index (κ2) is 15.1. The highest BCUT2D eigenvalue weighted by molar-refractivity contribution is 6.19. The minimum Gasteiger partial charge on any atom is -0.455 e. The van der Waals surface area contributed by atoms with E-state index in [-0.39, 0.29) is 0 Å². The van der Waals surface area contributed by atoms with E-state index in [2.05, 4.69) is 241 Å². The summed E-state index contributed by atoms with van der Waals surface area (Å²) in [4.78, 5) is 2.42. The maximum Gasteiger partial charge on any atom is 0.143 e. The summed E-state index contributed by atoms with van der Waals surface area (Å²) in [7, 11) is 0. The monoisotopic (exact) mass is 765 g/mol. The van der Waals surface area contributed by atoms with Crippen LogP contribution in [0.2, 0.25) is 0 Å². The van der Waals surface area contributed by atoms with Gasteiger partial charge in [0.05, 0.1) is 5.69 Å². The van der Waals surface area contributed by atoms with Gasteiger partial charge in [-0.25, -0.2) is 0 Å². The first-order valence-corrected chi connectivity index (χ1v) is 20.5. The van der Waals surface area contributed by atoms with Crippen LogP contribution in [0.4, 0.5) is 17.1 Å². The first kappa shape index (κ1) is 35.2. The molecule has 0 N–H and O–H groups in total. The van der Waals surface area contributed by atoms with Gasteiger partial charge in [-0.1, -0.05) is 188 Å². The molecule has 0 saturated carbocycles. The molecule has 0 bridgehead atoms. The molecule has 0 aliphatic carbocycles. The highest BCUT2D eigenvalue weighted by Gasteiger charge is 2.22. The van der Waals surface area contributed by atoms with Gasteiger partial charge in [0.1, 0.15) is 11.2 Å². The van der Waals surface area contributed by atoms with E-state index in [0.717, 1.165) is 72.2 Å². The largest absolute Gasteiger partial charge is 0.455 e. The van der Waals surface area contributed by atoms with Crippen molar-refractivity contribution in [1.82, 2.24) is 0 Å². The Bertz CT molecular complexity index is 3220. The normalized spacial score (nSPS) is 11.3. The quantitative estimate of drug-likeness (QED) is 0.153. The van der Waals surface area contributed by atoms with Gasteiger partial charge in [-0.3, -0.25) is 0 Å². The Morgan fingerprint density at radius 1 is 0.300 bits per heavy atom. The summed E-state index contributed by atoms with van der Waals surface area (Å²) in [6.07, 6.45) is 0. The van der Waals surface area contributed by atoms with Crippen molar-refractivity contribution >= 4 is 49.8 Å². The molecule has 0 saturated heterocycles. The van der Waals surface area contributed by atoms with Crippen molar-refractivity contribution in [2.24, 2.45) is 0 Å². The van der Waals surface area contributed by atoms with Gasteiger partial charge in [0.25, 0.3) is 0 Å². The smallest absolute Gasteiger partial charge is 0.143 e. The molecule has 0 fully saturated rings. The molecule has 0 unspecified atom stereocenters. The summed E-state index contributed by atoms with van der Waals surface area (Å²) < 4.78 is 6.70. The van der Waals surface area contributed by atoms with E-state index >= 15 is 0 Å². The fraction of sp³-hybridized carbons (Fsp3) is 0. The van der Waals surface area contributed by atoms with Crippen LogP contribution in [0.15, 0.2) is 241 Å². The maximum absolute atomic E-state index is 6.70. The molecule has 0 aliphatic heterocycles. The van der Waals surface area contributed by atoms with Crippen LogP contribution < -0.4 is 4.90 Å². The third-order valence-electron chi connectivity index (χ3n) is 11.7. The van der Waals surface area contributed by atoms with Gasteiger partial charge in [-0.2, -0.15) is 0 Å². The Balaban J connectivity index is 1.11. The van der Waals surface area contributed by atoms with Crippen molar-refractivity contribution in [1.29, 1.82) is 0 Å². The fourth-order valence-corrected chi connectivity index (χ4v) is 8.73. The maximum atomic E-state index is 6.70. The number of nitrogens with zero attached hydrogens (tertiary/aromatic N) is 1. The van der Waals surface area contributed by atoms with E-state index in [4.69, 9.17) is 4.42 Å². The van der Waals surface area contributed by atoms with E-state index in [9.17, 15) is 0 Å². The molecular weight excluding hydrogens is 727 g/mol. The van der Waals surface area contributed by atoms with E-state index < -0.39 is 0 Å². The van der Waals surface area contributed by atoms with Crippen molar-refractivity contribution in [3.05, 3.63) is 237 Å². The Morgan fingerprint density at radius 3 is 1.43 bits per heavy atom. The first-order chi connectivity index (χ1) is 29.7. The summed E-state index contributed by atoms with van der Waals surface area (Å²) in [5, 5.41) is 4.51. The number of rotatable bonds is 8. The van der Waals surface area contributed by atoms with E-state index in [0.29, 0.717) is 0 Å². The third-order valence-corrected chi connectivity index (χ3v) is 11.7. The molecule has 0 aliphatic rings. The number of benzene rings is 10. The molecule has 0 spiro atoms. The number of hydrogen-bond acceptors (Lipinski definition) is 2. The minimum atomic E-state index is 0.875. The van der Waals surface area contributed by atoms with Crippen LogP contribution in [0.1, 0.15) is 0 Å². The summed E-state index contributed by atoms with van der Waals surface area (Å²) >= 11 is 0. The van der Waals surface area contributed by atoms with Crippen LogP contribution in [0.3, 0.4) is 0 Å². The SMILES string of the molecule is c1ccc(-c2ccc(-c3ccc(N(c4cc(-c5ccccc5)cc(-c5ccccc5)c4)c4ccccc4-c4cccc5oc6c7ccccc7ccc6c45)cc3)cc2)cc1. The number of furan rings is 1. The predicted molar refractivity (Wildman–Crippen MR) is 253 cm³/mol. The second-order valence-electron chi connectivity index (χ2n) is 15.3. The average Bonchev–Trinajstić information content (AvgIpc) is 3.73. The van der Waals surface area contributed by atoms with Gasteiger partial charge < -0.3 is 9.32 Å². The second-order valence-corrected chi connectivity index (χ2v) is 15.3. The lowest BCUT2D eigenvalue weighted by molar-refractivity contribution is 0.673. The predicted octanol–water partition coefficient (Wildman–Crippen LogP) is 16.5. The Labute approximate surface area is 349 Å². The number of para-hydroxylation sites is 1. The summed E-state index contributed by atoms with van der Waals surface area (Å²) in [6.45, 7) is 0. The fourth-order valence-electron chi connectivity index (χ4n) is 8.73. The van der Waals surface area contributed by atoms with Gasteiger partial charge in [0.2, 0.25) is 0 Å². The molecule has 0 amide bonds. The molecule has 11 rings (SSSR count). The number of hydrogen-bond donors (Lipinski definition) is 0. The molecule has 0 radical (unpaired) electrons. The van der Waals surface area contributed by atoms with Gasteiger partial charge >= 0.3 is 0 Å². The molecule has 282 valence electrons. The van der Waals surface area contributed by atoms with Gasteiger partial charge in [-0.15, -0.1) is 0 Å². The van der Waals surface area contributed by atoms with Crippen molar-refractivity contribution in [2.75, 3.05) is 4.90 Å². The lowest BCUT2D eigenvalue weighted by atomic mass is 9.94. The average molecular weight is 766 g/mol. The molecule has 11 aromatic rings. The van der Waals surface area contributed by atoms with E-state index in [1.54, 1.807) is 0 Å². The number of fused-ring (bicyclic) bond motifs is 5. The lowest BCUT2D eigenvalue weighted by Crippen LogP contribution is -2.11. The van der Waals surface area contributed by atoms with E-state index in [1.807, 2.05) is 0 Å². The molecular formula is C58H39NO. The molecule has 60 heavy (non-hydrogen) atoms. The van der Waals surface area contributed by atoms with Crippen molar-refractivity contribution < 1.29 is 4.42 Å². The molecule has 0 atom stereocenters. The van der Waals surface area contributed by atoms with Crippen molar-refractivity contribution in [3.8, 4) is 55.6 Å².